The summed E-state index contributed by atoms with van der Waals surface area (Å²) in [5.74, 6) is 0.872. The van der Waals surface area contributed by atoms with E-state index in [1.807, 2.05) is 12.1 Å². The quantitative estimate of drug-likeness (QED) is 0.725. The molecule has 0 unspecified atom stereocenters. The van der Waals surface area contributed by atoms with E-state index in [0.29, 0.717) is 13.0 Å². The van der Waals surface area contributed by atoms with Crippen molar-refractivity contribution in [2.75, 3.05) is 6.54 Å². The minimum atomic E-state index is 0.0266. The number of aromatic nitrogens is 4. The molecule has 2 aromatic heterocycles. The Labute approximate surface area is 105 Å². The first-order valence-electron chi connectivity index (χ1n) is 5.84. The fraction of sp³-hybridized carbons (Fsp3) is 0.333. The molecule has 0 aliphatic carbocycles. The molecule has 0 fully saturated rings. The Bertz CT molecular complexity index is 468. The minimum absolute atomic E-state index is 0.0266. The lowest BCUT2D eigenvalue weighted by Crippen LogP contribution is -2.26. The van der Waals surface area contributed by atoms with Crippen molar-refractivity contribution in [1.29, 1.82) is 0 Å². The highest BCUT2D eigenvalue weighted by Gasteiger charge is 2.02. The Morgan fingerprint density at radius 2 is 2.17 bits per heavy atom. The zero-order chi connectivity index (χ0) is 12.6. The fourth-order valence-electron chi connectivity index (χ4n) is 1.58. The van der Waals surface area contributed by atoms with Gasteiger partial charge in [0, 0.05) is 25.4 Å². The van der Waals surface area contributed by atoms with Gasteiger partial charge in [0.1, 0.15) is 12.2 Å². The molecule has 2 N–H and O–H groups in total. The highest BCUT2D eigenvalue weighted by molar-refractivity contribution is 5.78. The van der Waals surface area contributed by atoms with Crippen LogP contribution in [0.2, 0.25) is 0 Å². The van der Waals surface area contributed by atoms with E-state index >= 15 is 0 Å². The number of H-pyrrole nitrogens is 1. The van der Waals surface area contributed by atoms with Crippen LogP contribution in [0, 0.1) is 0 Å². The van der Waals surface area contributed by atoms with E-state index in [2.05, 4.69) is 25.5 Å². The molecule has 6 heteroatoms. The van der Waals surface area contributed by atoms with Gasteiger partial charge >= 0.3 is 0 Å². The molecule has 0 bridgehead atoms. The average molecular weight is 245 g/mol. The number of nitrogens with zero attached hydrogens (tertiary/aromatic N) is 3. The molecular formula is C12H15N5O. The van der Waals surface area contributed by atoms with Crippen molar-refractivity contribution in [3.8, 4) is 0 Å². The highest BCUT2D eigenvalue weighted by atomic mass is 16.1. The van der Waals surface area contributed by atoms with Gasteiger partial charge in [-0.15, -0.1) is 0 Å². The van der Waals surface area contributed by atoms with Gasteiger partial charge in [0.15, 0.2) is 0 Å². The molecule has 2 rings (SSSR count). The zero-order valence-corrected chi connectivity index (χ0v) is 9.97. The van der Waals surface area contributed by atoms with Crippen LogP contribution >= 0.6 is 0 Å². The van der Waals surface area contributed by atoms with Crippen LogP contribution in [0.25, 0.3) is 0 Å². The maximum Gasteiger partial charge on any atom is 0.224 e. The summed E-state index contributed by atoms with van der Waals surface area (Å²) in [6.07, 6.45) is 6.88. The average Bonchev–Trinajstić information content (AvgIpc) is 2.89. The van der Waals surface area contributed by atoms with Crippen molar-refractivity contribution in [2.24, 2.45) is 0 Å². The smallest absolute Gasteiger partial charge is 0.224 e. The Kier molecular flexibility index (Phi) is 4.40. The molecule has 0 aliphatic rings. The molecule has 18 heavy (non-hydrogen) atoms. The number of amides is 1. The summed E-state index contributed by atoms with van der Waals surface area (Å²) in [5, 5.41) is 9.42. The fourth-order valence-corrected chi connectivity index (χ4v) is 1.58. The number of hydrogen-bond acceptors (Lipinski definition) is 4. The van der Waals surface area contributed by atoms with Crippen molar-refractivity contribution in [3.63, 3.8) is 0 Å². The molecule has 0 saturated heterocycles. The first-order valence-corrected chi connectivity index (χ1v) is 5.84. The first-order chi connectivity index (χ1) is 8.84. The summed E-state index contributed by atoms with van der Waals surface area (Å²) in [5.41, 5.74) is 0.970. The lowest BCUT2D eigenvalue weighted by molar-refractivity contribution is -0.120. The molecule has 0 spiro atoms. The van der Waals surface area contributed by atoms with Crippen LogP contribution in [-0.2, 0) is 17.6 Å². The van der Waals surface area contributed by atoms with Gasteiger partial charge in [-0.2, -0.15) is 5.10 Å². The number of pyridine rings is 1. The van der Waals surface area contributed by atoms with E-state index in [9.17, 15) is 4.79 Å². The number of nitrogens with one attached hydrogen (secondary N) is 2. The Balaban J connectivity index is 1.63. The van der Waals surface area contributed by atoms with Crippen molar-refractivity contribution < 1.29 is 4.79 Å². The van der Waals surface area contributed by atoms with Crippen LogP contribution in [0.5, 0.6) is 0 Å². The molecule has 1 amide bonds. The second kappa shape index (κ2) is 6.48. The van der Waals surface area contributed by atoms with Crippen LogP contribution in [0.3, 0.4) is 0 Å². The summed E-state index contributed by atoms with van der Waals surface area (Å²) < 4.78 is 0. The third-order valence-electron chi connectivity index (χ3n) is 2.49. The van der Waals surface area contributed by atoms with Gasteiger partial charge in [0.2, 0.25) is 5.91 Å². The SMILES string of the molecule is O=C(Cc1ccncc1)NCCCc1ncn[nH]1. The Morgan fingerprint density at radius 1 is 1.33 bits per heavy atom. The molecule has 0 aliphatic heterocycles. The van der Waals surface area contributed by atoms with Crippen molar-refractivity contribution >= 4 is 5.91 Å². The topological polar surface area (TPSA) is 83.6 Å². The number of aryl methyl sites for hydroxylation is 1. The molecule has 2 aromatic rings. The Morgan fingerprint density at radius 3 is 2.89 bits per heavy atom. The molecule has 6 nitrogen and oxygen atoms in total. The van der Waals surface area contributed by atoms with Gasteiger partial charge in [0.25, 0.3) is 0 Å². The predicted molar refractivity (Wildman–Crippen MR) is 65.7 cm³/mol. The lowest BCUT2D eigenvalue weighted by atomic mass is 10.2. The van der Waals surface area contributed by atoms with E-state index < -0.39 is 0 Å². The number of rotatable bonds is 6. The van der Waals surface area contributed by atoms with Crippen LogP contribution in [0.4, 0.5) is 0 Å². The third kappa shape index (κ3) is 3.97. The van der Waals surface area contributed by atoms with Crippen LogP contribution in [0.1, 0.15) is 17.8 Å². The van der Waals surface area contributed by atoms with E-state index in [1.165, 1.54) is 6.33 Å². The molecule has 0 radical (unpaired) electrons. The number of carbonyl (C=O) groups is 1. The summed E-state index contributed by atoms with van der Waals surface area (Å²) in [4.78, 5) is 19.5. The molecule has 94 valence electrons. The predicted octanol–water partition coefficient (Wildman–Crippen LogP) is 0.491. The maximum absolute atomic E-state index is 11.6. The second-order valence-corrected chi connectivity index (χ2v) is 3.92. The Hall–Kier alpha value is -2.24. The lowest BCUT2D eigenvalue weighted by Gasteiger charge is -2.04. The van der Waals surface area contributed by atoms with Gasteiger partial charge in [-0.3, -0.25) is 14.9 Å². The van der Waals surface area contributed by atoms with Crippen LogP contribution in [-0.4, -0.2) is 32.6 Å². The largest absolute Gasteiger partial charge is 0.356 e. The summed E-state index contributed by atoms with van der Waals surface area (Å²) in [6, 6.07) is 3.68. The van der Waals surface area contributed by atoms with Gasteiger partial charge in [-0.05, 0) is 24.1 Å². The normalized spacial score (nSPS) is 10.2. The molecule has 0 atom stereocenters. The van der Waals surface area contributed by atoms with Crippen molar-refractivity contribution in [2.45, 2.75) is 19.3 Å². The van der Waals surface area contributed by atoms with E-state index in [0.717, 1.165) is 24.2 Å². The van der Waals surface area contributed by atoms with Crippen LogP contribution in [0.15, 0.2) is 30.9 Å². The van der Waals surface area contributed by atoms with Crippen molar-refractivity contribution in [3.05, 3.63) is 42.2 Å². The summed E-state index contributed by atoms with van der Waals surface area (Å²) in [6.45, 7) is 0.643. The van der Waals surface area contributed by atoms with Gasteiger partial charge in [0.05, 0.1) is 6.42 Å². The van der Waals surface area contributed by atoms with E-state index in [4.69, 9.17) is 0 Å². The maximum atomic E-state index is 11.6. The second-order valence-electron chi connectivity index (χ2n) is 3.92. The van der Waals surface area contributed by atoms with Gasteiger partial charge in [-0.25, -0.2) is 4.98 Å². The minimum Gasteiger partial charge on any atom is -0.356 e. The van der Waals surface area contributed by atoms with E-state index in [1.54, 1.807) is 12.4 Å². The zero-order valence-electron chi connectivity index (χ0n) is 9.97. The number of carbonyl (C=O) groups excluding carboxylic acids is 1. The van der Waals surface area contributed by atoms with Gasteiger partial charge in [-0.1, -0.05) is 0 Å². The van der Waals surface area contributed by atoms with Gasteiger partial charge < -0.3 is 5.32 Å². The van der Waals surface area contributed by atoms with Crippen molar-refractivity contribution in [1.82, 2.24) is 25.5 Å². The standard InChI is InChI=1S/C12H15N5O/c18-12(8-10-3-6-13-7-4-10)14-5-1-2-11-15-9-16-17-11/h3-4,6-7,9H,1-2,5,8H2,(H,14,18)(H,15,16,17). The molecule has 0 aromatic carbocycles. The highest BCUT2D eigenvalue weighted by Crippen LogP contribution is 1.97. The molecule has 0 saturated carbocycles. The molecule has 2 heterocycles. The van der Waals surface area contributed by atoms with Crippen LogP contribution < -0.4 is 5.32 Å². The first kappa shape index (κ1) is 12.2. The molecular weight excluding hydrogens is 230 g/mol. The monoisotopic (exact) mass is 245 g/mol. The van der Waals surface area contributed by atoms with E-state index in [-0.39, 0.29) is 5.91 Å². The summed E-state index contributed by atoms with van der Waals surface area (Å²) >= 11 is 0. The number of hydrogen-bond donors (Lipinski definition) is 2. The summed E-state index contributed by atoms with van der Waals surface area (Å²) in [7, 11) is 0. The number of aromatic amines is 1. The third-order valence-corrected chi connectivity index (χ3v) is 2.49.